The summed E-state index contributed by atoms with van der Waals surface area (Å²) in [5, 5.41) is 3.83. The van der Waals surface area contributed by atoms with E-state index in [0.717, 1.165) is 13.1 Å². The molecule has 0 amide bonds. The first-order chi connectivity index (χ1) is 9.65. The molecule has 1 aliphatic rings. The fraction of sp³-hybridized carbons (Fsp3) is 0.667. The summed E-state index contributed by atoms with van der Waals surface area (Å²) >= 11 is 0. The van der Waals surface area contributed by atoms with Crippen molar-refractivity contribution in [3.8, 4) is 0 Å². The summed E-state index contributed by atoms with van der Waals surface area (Å²) in [4.78, 5) is 2.72. The molecule has 0 saturated carbocycles. The first kappa shape index (κ1) is 15.5. The molecule has 0 spiro atoms. The van der Waals surface area contributed by atoms with Crippen LogP contribution in [0, 0.1) is 0 Å². The van der Waals surface area contributed by atoms with Gasteiger partial charge in [0.25, 0.3) is 0 Å². The smallest absolute Gasteiger partial charge is 0.0324 e. The van der Waals surface area contributed by atoms with Crippen molar-refractivity contribution in [2.24, 2.45) is 0 Å². The molecule has 2 nitrogen and oxygen atoms in total. The molecule has 112 valence electrons. The Bertz CT molecular complexity index is 397. The van der Waals surface area contributed by atoms with Crippen LogP contribution in [-0.2, 0) is 0 Å². The monoisotopic (exact) mass is 274 g/mol. The van der Waals surface area contributed by atoms with Crippen LogP contribution >= 0.6 is 0 Å². The number of nitrogens with one attached hydrogen (secondary N) is 1. The Morgan fingerprint density at radius 1 is 1.20 bits per heavy atom. The third kappa shape index (κ3) is 3.07. The van der Waals surface area contributed by atoms with Gasteiger partial charge >= 0.3 is 0 Å². The van der Waals surface area contributed by atoms with Crippen LogP contribution in [0.2, 0.25) is 0 Å². The topological polar surface area (TPSA) is 15.3 Å². The molecular weight excluding hydrogens is 244 g/mol. The molecule has 1 aliphatic heterocycles. The van der Waals surface area contributed by atoms with Crippen LogP contribution in [0.5, 0.6) is 0 Å². The lowest BCUT2D eigenvalue weighted by Crippen LogP contribution is -2.63. The first-order valence-corrected chi connectivity index (χ1v) is 8.21. The summed E-state index contributed by atoms with van der Waals surface area (Å²) in [5.41, 5.74) is 1.74. The molecule has 2 atom stereocenters. The van der Waals surface area contributed by atoms with Crippen LogP contribution in [0.4, 0.5) is 0 Å². The zero-order valence-corrected chi connectivity index (χ0v) is 13.5. The normalized spacial score (nSPS) is 24.5. The first-order valence-electron chi connectivity index (χ1n) is 8.21. The Balaban J connectivity index is 2.21. The number of benzene rings is 1. The molecule has 1 N–H and O–H groups in total. The van der Waals surface area contributed by atoms with Gasteiger partial charge in [0.2, 0.25) is 0 Å². The Morgan fingerprint density at radius 3 is 2.40 bits per heavy atom. The Hall–Kier alpha value is -0.860. The van der Waals surface area contributed by atoms with Crippen LogP contribution in [-0.4, -0.2) is 29.6 Å². The zero-order chi connectivity index (χ0) is 14.6. The highest BCUT2D eigenvalue weighted by atomic mass is 15.3. The van der Waals surface area contributed by atoms with Crippen molar-refractivity contribution in [1.29, 1.82) is 0 Å². The van der Waals surface area contributed by atoms with E-state index in [1.165, 1.54) is 24.8 Å². The van der Waals surface area contributed by atoms with E-state index in [1.54, 1.807) is 0 Å². The third-order valence-electron chi connectivity index (χ3n) is 5.27. The number of piperazine rings is 1. The standard InChI is InChI=1S/C18H30N2/c1-5-17-13-19-18(6-2,7-3)14-20(17)15(4)16-11-9-8-10-12-16/h8-12,15,17,19H,5-7,13-14H2,1-4H3. The lowest BCUT2D eigenvalue weighted by Gasteiger charge is -2.49. The second-order valence-corrected chi connectivity index (χ2v) is 6.19. The van der Waals surface area contributed by atoms with E-state index >= 15 is 0 Å². The summed E-state index contributed by atoms with van der Waals surface area (Å²) < 4.78 is 0. The van der Waals surface area contributed by atoms with E-state index in [-0.39, 0.29) is 0 Å². The molecule has 0 aromatic heterocycles. The van der Waals surface area contributed by atoms with E-state index in [2.05, 4.69) is 68.2 Å². The SMILES string of the molecule is CCC1CNC(CC)(CC)CN1C(C)c1ccccc1. The Labute approximate surface area is 124 Å². The number of hydrogen-bond donors (Lipinski definition) is 1. The average Bonchev–Trinajstić information content (AvgIpc) is 2.54. The van der Waals surface area contributed by atoms with E-state index in [1.807, 2.05) is 0 Å². The summed E-state index contributed by atoms with van der Waals surface area (Å²) in [5.74, 6) is 0. The zero-order valence-electron chi connectivity index (χ0n) is 13.5. The van der Waals surface area contributed by atoms with Crippen LogP contribution in [0.15, 0.2) is 30.3 Å². The summed E-state index contributed by atoms with van der Waals surface area (Å²) in [7, 11) is 0. The van der Waals surface area contributed by atoms with Crippen LogP contribution in [0.25, 0.3) is 0 Å². The van der Waals surface area contributed by atoms with Crippen LogP contribution < -0.4 is 5.32 Å². The second-order valence-electron chi connectivity index (χ2n) is 6.19. The molecular formula is C18H30N2. The molecule has 1 heterocycles. The lowest BCUT2D eigenvalue weighted by molar-refractivity contribution is 0.0400. The van der Waals surface area contributed by atoms with E-state index in [4.69, 9.17) is 0 Å². The minimum Gasteiger partial charge on any atom is -0.308 e. The highest BCUT2D eigenvalue weighted by Crippen LogP contribution is 2.31. The van der Waals surface area contributed by atoms with Gasteiger partial charge in [0.1, 0.15) is 0 Å². The van der Waals surface area contributed by atoms with Crippen molar-refractivity contribution >= 4 is 0 Å². The average molecular weight is 274 g/mol. The maximum absolute atomic E-state index is 3.83. The largest absolute Gasteiger partial charge is 0.308 e. The summed E-state index contributed by atoms with van der Waals surface area (Å²) in [6.45, 7) is 11.6. The minimum absolute atomic E-state index is 0.300. The van der Waals surface area contributed by atoms with Gasteiger partial charge in [-0.05, 0) is 31.7 Å². The van der Waals surface area contributed by atoms with Crippen molar-refractivity contribution in [3.05, 3.63) is 35.9 Å². The number of nitrogens with zero attached hydrogens (tertiary/aromatic N) is 1. The summed E-state index contributed by atoms with van der Waals surface area (Å²) in [6, 6.07) is 12.1. The molecule has 20 heavy (non-hydrogen) atoms. The quantitative estimate of drug-likeness (QED) is 0.873. The van der Waals surface area contributed by atoms with E-state index < -0.39 is 0 Å². The highest BCUT2D eigenvalue weighted by molar-refractivity contribution is 5.19. The van der Waals surface area contributed by atoms with Gasteiger partial charge in [-0.3, -0.25) is 4.90 Å². The van der Waals surface area contributed by atoms with Gasteiger partial charge in [-0.2, -0.15) is 0 Å². The maximum atomic E-state index is 3.83. The molecule has 1 saturated heterocycles. The van der Waals surface area contributed by atoms with Gasteiger partial charge in [0.15, 0.2) is 0 Å². The van der Waals surface area contributed by atoms with Gasteiger partial charge in [-0.1, -0.05) is 51.1 Å². The van der Waals surface area contributed by atoms with Gasteiger partial charge < -0.3 is 5.32 Å². The predicted octanol–water partition coefficient (Wildman–Crippen LogP) is 3.99. The molecule has 2 rings (SSSR count). The fourth-order valence-corrected chi connectivity index (χ4v) is 3.46. The molecule has 1 fully saturated rings. The van der Waals surface area contributed by atoms with Gasteiger partial charge in [0, 0.05) is 30.7 Å². The Morgan fingerprint density at radius 2 is 1.85 bits per heavy atom. The molecule has 2 unspecified atom stereocenters. The molecule has 1 aromatic rings. The predicted molar refractivity (Wildman–Crippen MR) is 87.0 cm³/mol. The van der Waals surface area contributed by atoms with Crippen molar-refractivity contribution in [2.45, 2.75) is 64.6 Å². The Kier molecular flexibility index (Phi) is 5.22. The molecule has 1 aromatic carbocycles. The number of hydrogen-bond acceptors (Lipinski definition) is 2. The fourth-order valence-electron chi connectivity index (χ4n) is 3.46. The van der Waals surface area contributed by atoms with Gasteiger partial charge in [0.05, 0.1) is 0 Å². The van der Waals surface area contributed by atoms with Crippen molar-refractivity contribution in [1.82, 2.24) is 10.2 Å². The third-order valence-corrected chi connectivity index (χ3v) is 5.27. The van der Waals surface area contributed by atoms with E-state index in [9.17, 15) is 0 Å². The second kappa shape index (κ2) is 6.73. The molecule has 0 radical (unpaired) electrons. The molecule has 2 heteroatoms. The van der Waals surface area contributed by atoms with Gasteiger partial charge in [-0.15, -0.1) is 0 Å². The molecule has 0 bridgehead atoms. The van der Waals surface area contributed by atoms with Crippen LogP contribution in [0.1, 0.15) is 58.6 Å². The van der Waals surface area contributed by atoms with Crippen molar-refractivity contribution < 1.29 is 0 Å². The van der Waals surface area contributed by atoms with E-state index in [0.29, 0.717) is 17.6 Å². The molecule has 0 aliphatic carbocycles. The lowest BCUT2D eigenvalue weighted by atomic mass is 9.86. The van der Waals surface area contributed by atoms with Crippen molar-refractivity contribution in [3.63, 3.8) is 0 Å². The van der Waals surface area contributed by atoms with Crippen molar-refractivity contribution in [2.75, 3.05) is 13.1 Å². The highest BCUT2D eigenvalue weighted by Gasteiger charge is 2.38. The minimum atomic E-state index is 0.300. The van der Waals surface area contributed by atoms with Gasteiger partial charge in [-0.25, -0.2) is 0 Å². The maximum Gasteiger partial charge on any atom is 0.0324 e. The van der Waals surface area contributed by atoms with Crippen LogP contribution in [0.3, 0.4) is 0 Å². The number of rotatable bonds is 5. The summed E-state index contributed by atoms with van der Waals surface area (Å²) in [6.07, 6.45) is 3.63.